The highest BCUT2D eigenvalue weighted by molar-refractivity contribution is 8.00. The average molecular weight is 521 g/mol. The summed E-state index contributed by atoms with van der Waals surface area (Å²) < 4.78 is 7.19. The Morgan fingerprint density at radius 2 is 1.92 bits per heavy atom. The Hall–Kier alpha value is -2.55. The maximum absolute atomic E-state index is 12.9. The van der Waals surface area contributed by atoms with Gasteiger partial charge in [-0.25, -0.2) is 15.0 Å². The third-order valence-electron chi connectivity index (χ3n) is 6.46. The maximum Gasteiger partial charge on any atom is 0.237 e. The summed E-state index contributed by atoms with van der Waals surface area (Å²) in [6.07, 6.45) is 3.35. The van der Waals surface area contributed by atoms with Gasteiger partial charge in [0.05, 0.1) is 27.7 Å². The van der Waals surface area contributed by atoms with Gasteiger partial charge in [0.2, 0.25) is 5.91 Å². The van der Waals surface area contributed by atoms with Crippen molar-refractivity contribution < 1.29 is 9.53 Å². The van der Waals surface area contributed by atoms with Crippen LogP contribution in [0.25, 0.3) is 20.4 Å². The van der Waals surface area contributed by atoms with E-state index in [0.29, 0.717) is 12.5 Å². The van der Waals surface area contributed by atoms with E-state index in [1.54, 1.807) is 17.7 Å². The second kappa shape index (κ2) is 9.72. The van der Waals surface area contributed by atoms with E-state index in [1.165, 1.54) is 22.9 Å². The zero-order chi connectivity index (χ0) is 25.6. The number of hydrogen-bond donors (Lipinski definition) is 1. The number of fused-ring (bicyclic) bond motifs is 5. The summed E-state index contributed by atoms with van der Waals surface area (Å²) in [5.41, 5.74) is 6.29. The van der Waals surface area contributed by atoms with E-state index in [0.717, 1.165) is 55.2 Å². The third-order valence-corrected chi connectivity index (χ3v) is 8.77. The number of nitrogens with zero attached hydrogens (tertiary/aromatic N) is 3. The number of carbonyl (C=O) groups is 1. The minimum Gasteiger partial charge on any atom is -0.370 e. The Bertz CT molecular complexity index is 1440. The molecule has 4 aromatic rings. The van der Waals surface area contributed by atoms with Crippen LogP contribution >= 0.6 is 23.1 Å². The fourth-order valence-electron chi connectivity index (χ4n) is 4.59. The number of hydrogen-bond acceptors (Lipinski definition) is 7. The van der Waals surface area contributed by atoms with Gasteiger partial charge in [0.25, 0.3) is 0 Å². The molecule has 8 heteroatoms. The number of anilines is 1. The van der Waals surface area contributed by atoms with Crippen molar-refractivity contribution in [3.05, 3.63) is 53.0 Å². The standard InChI is InChI=1S/C28H32N4O2S2/c1-15(2)11-21-20-13-34-28(5,6)12-19(20)22-23-24(36-26(22)32-21)27(30-14-29-23)35-17(4)25(33)31-18-9-7-16(3)8-10-18/h7-10,14-15,17H,11-13H2,1-6H3,(H,31,33). The number of aryl methyl sites for hydroxylation is 1. The molecule has 5 rings (SSSR count). The van der Waals surface area contributed by atoms with E-state index in [2.05, 4.69) is 38.0 Å². The highest BCUT2D eigenvalue weighted by Gasteiger charge is 2.32. The van der Waals surface area contributed by atoms with Crippen molar-refractivity contribution in [3.63, 3.8) is 0 Å². The van der Waals surface area contributed by atoms with Crippen LogP contribution in [0.5, 0.6) is 0 Å². The molecular weight excluding hydrogens is 488 g/mol. The van der Waals surface area contributed by atoms with Crippen molar-refractivity contribution >= 4 is 55.1 Å². The van der Waals surface area contributed by atoms with Gasteiger partial charge >= 0.3 is 0 Å². The molecule has 1 aliphatic heterocycles. The van der Waals surface area contributed by atoms with Crippen molar-refractivity contribution in [3.8, 4) is 0 Å². The fraction of sp³-hybridized carbons (Fsp3) is 0.429. The van der Waals surface area contributed by atoms with Crippen LogP contribution in [0.2, 0.25) is 0 Å². The molecule has 4 heterocycles. The first kappa shape index (κ1) is 25.1. The monoisotopic (exact) mass is 520 g/mol. The topological polar surface area (TPSA) is 77.0 Å². The number of thiophene rings is 1. The molecule has 0 saturated carbocycles. The molecule has 1 aromatic carbocycles. The van der Waals surface area contributed by atoms with Crippen molar-refractivity contribution in [2.75, 3.05) is 5.32 Å². The van der Waals surface area contributed by atoms with Crippen molar-refractivity contribution in [2.24, 2.45) is 5.92 Å². The normalized spacial score (nSPS) is 15.9. The number of ether oxygens (including phenoxy) is 1. The highest BCUT2D eigenvalue weighted by Crippen LogP contribution is 2.43. The van der Waals surface area contributed by atoms with Crippen LogP contribution in [-0.2, 0) is 29.0 Å². The molecule has 188 valence electrons. The fourth-order valence-corrected chi connectivity index (χ4v) is 6.74. The average Bonchev–Trinajstić information content (AvgIpc) is 3.19. The Morgan fingerprint density at radius 1 is 1.17 bits per heavy atom. The number of thioether (sulfide) groups is 1. The number of carbonyl (C=O) groups excluding carboxylic acids is 1. The molecule has 0 aliphatic carbocycles. The molecule has 0 fully saturated rings. The molecule has 36 heavy (non-hydrogen) atoms. The lowest BCUT2D eigenvalue weighted by Crippen LogP contribution is -2.33. The summed E-state index contributed by atoms with van der Waals surface area (Å²) in [6, 6.07) is 7.83. The molecule has 0 spiro atoms. The summed E-state index contributed by atoms with van der Waals surface area (Å²) in [6.45, 7) is 13.2. The van der Waals surface area contributed by atoms with Crippen molar-refractivity contribution in [2.45, 2.75) is 76.9 Å². The van der Waals surface area contributed by atoms with Crippen LogP contribution in [0, 0.1) is 12.8 Å². The van der Waals surface area contributed by atoms with E-state index >= 15 is 0 Å². The zero-order valence-electron chi connectivity index (χ0n) is 21.6. The van der Waals surface area contributed by atoms with Crippen LogP contribution in [0.1, 0.15) is 57.0 Å². The summed E-state index contributed by atoms with van der Waals surface area (Å²) >= 11 is 3.10. The molecule has 3 aromatic heterocycles. The van der Waals surface area contributed by atoms with E-state index in [9.17, 15) is 4.79 Å². The summed E-state index contributed by atoms with van der Waals surface area (Å²) in [5, 5.41) is 4.63. The summed E-state index contributed by atoms with van der Waals surface area (Å²) in [4.78, 5) is 28.3. The number of pyridine rings is 1. The Kier molecular flexibility index (Phi) is 6.78. The number of rotatable bonds is 6. The Balaban J connectivity index is 1.53. The first-order valence-electron chi connectivity index (χ1n) is 12.4. The minimum absolute atomic E-state index is 0.0506. The van der Waals surface area contributed by atoms with Crippen LogP contribution in [-0.4, -0.2) is 31.7 Å². The number of benzene rings is 1. The van der Waals surface area contributed by atoms with Crippen LogP contribution < -0.4 is 5.32 Å². The molecule has 1 atom stereocenters. The van der Waals surface area contributed by atoms with Crippen molar-refractivity contribution in [1.29, 1.82) is 0 Å². The number of aromatic nitrogens is 3. The van der Waals surface area contributed by atoms with Gasteiger partial charge in [0.15, 0.2) is 0 Å². The number of nitrogens with one attached hydrogen (secondary N) is 1. The van der Waals surface area contributed by atoms with E-state index in [-0.39, 0.29) is 16.8 Å². The van der Waals surface area contributed by atoms with Gasteiger partial charge in [-0.05, 0) is 57.7 Å². The second-order valence-electron chi connectivity index (χ2n) is 10.6. The third kappa shape index (κ3) is 4.99. The molecular formula is C28H32N4O2S2. The van der Waals surface area contributed by atoms with Crippen molar-refractivity contribution in [1.82, 2.24) is 15.0 Å². The Morgan fingerprint density at radius 3 is 2.64 bits per heavy atom. The van der Waals surface area contributed by atoms with Gasteiger partial charge in [-0.3, -0.25) is 4.79 Å². The molecule has 0 bridgehead atoms. The van der Waals surface area contributed by atoms with Crippen LogP contribution in [0.15, 0.2) is 35.6 Å². The quantitative estimate of drug-likeness (QED) is 0.225. The SMILES string of the molecule is Cc1ccc(NC(=O)C(C)Sc2ncnc3c2sc2nc(CC(C)C)c4c(c23)CC(C)(C)OC4)cc1. The lowest BCUT2D eigenvalue weighted by Gasteiger charge is -2.33. The molecule has 0 saturated heterocycles. The minimum atomic E-state index is -0.319. The summed E-state index contributed by atoms with van der Waals surface area (Å²) in [5.74, 6) is 0.451. The predicted molar refractivity (Wildman–Crippen MR) is 149 cm³/mol. The molecule has 6 nitrogen and oxygen atoms in total. The van der Waals surface area contributed by atoms with E-state index in [1.807, 2.05) is 38.1 Å². The van der Waals surface area contributed by atoms with E-state index in [4.69, 9.17) is 14.7 Å². The van der Waals surface area contributed by atoms with Gasteiger partial charge in [0.1, 0.15) is 16.2 Å². The smallest absolute Gasteiger partial charge is 0.237 e. The lowest BCUT2D eigenvalue weighted by molar-refractivity contribution is -0.115. The maximum atomic E-state index is 12.9. The van der Waals surface area contributed by atoms with Gasteiger partial charge in [-0.1, -0.05) is 43.3 Å². The first-order chi connectivity index (χ1) is 17.1. The largest absolute Gasteiger partial charge is 0.370 e. The molecule has 1 aliphatic rings. The lowest BCUT2D eigenvalue weighted by atomic mass is 9.88. The first-order valence-corrected chi connectivity index (χ1v) is 14.1. The zero-order valence-corrected chi connectivity index (χ0v) is 23.3. The van der Waals surface area contributed by atoms with Gasteiger partial charge in [-0.15, -0.1) is 11.3 Å². The number of amides is 1. The molecule has 1 unspecified atom stereocenters. The molecule has 1 amide bonds. The second-order valence-corrected chi connectivity index (χ2v) is 12.9. The molecule has 1 N–H and O–H groups in total. The van der Waals surface area contributed by atoms with Gasteiger partial charge in [0, 0.05) is 28.8 Å². The van der Waals surface area contributed by atoms with Gasteiger partial charge < -0.3 is 10.1 Å². The highest BCUT2D eigenvalue weighted by atomic mass is 32.2. The van der Waals surface area contributed by atoms with Crippen LogP contribution in [0.4, 0.5) is 5.69 Å². The van der Waals surface area contributed by atoms with Gasteiger partial charge in [-0.2, -0.15) is 0 Å². The molecule has 0 radical (unpaired) electrons. The predicted octanol–water partition coefficient (Wildman–Crippen LogP) is 6.72. The van der Waals surface area contributed by atoms with Crippen LogP contribution in [0.3, 0.4) is 0 Å². The summed E-state index contributed by atoms with van der Waals surface area (Å²) in [7, 11) is 0. The van der Waals surface area contributed by atoms with E-state index < -0.39 is 0 Å². The Labute approximate surface area is 220 Å².